The summed E-state index contributed by atoms with van der Waals surface area (Å²) in [6, 6.07) is 0. The van der Waals surface area contributed by atoms with E-state index in [9.17, 15) is 9.90 Å². The van der Waals surface area contributed by atoms with Crippen molar-refractivity contribution in [2.45, 2.75) is 20.0 Å². The minimum absolute atomic E-state index is 0.769. The summed E-state index contributed by atoms with van der Waals surface area (Å²) in [5.74, 6) is -1.98. The highest BCUT2D eigenvalue weighted by Gasteiger charge is 2.07. The Labute approximate surface area is 47.9 Å². The minimum Gasteiger partial charge on any atom is -0.550 e. The fourth-order valence-corrected chi connectivity index (χ4v) is 0.197. The summed E-state index contributed by atoms with van der Waals surface area (Å²) in [6.45, 7) is 2.82. The van der Waals surface area contributed by atoms with Crippen LogP contribution in [0.2, 0.25) is 0 Å². The summed E-state index contributed by atoms with van der Waals surface area (Å²) in [6.07, 6.45) is -0.819. The Morgan fingerprint density at radius 2 is 2.00 bits per heavy atom. The Bertz CT molecular complexity index is 87.7. The van der Waals surface area contributed by atoms with Crippen LogP contribution in [0.5, 0.6) is 0 Å². The molecule has 0 heterocycles. The summed E-state index contributed by atoms with van der Waals surface area (Å²) in [5.41, 5.74) is 0. The first kappa shape index (κ1) is 7.43. The number of aliphatic hydroxyl groups excluding tert-OH is 1. The van der Waals surface area contributed by atoms with Crippen molar-refractivity contribution >= 4 is 5.97 Å². The zero-order chi connectivity index (χ0) is 6.73. The number of carboxylic acid groups (broad SMARTS) is 1. The Balaban J connectivity index is 3.64. The SMILES string of the molecule is C[C@H](O)[C@H](C)C(=O)[O-]. The van der Waals surface area contributed by atoms with Gasteiger partial charge in [-0.3, -0.25) is 0 Å². The topological polar surface area (TPSA) is 60.4 Å². The predicted molar refractivity (Wildman–Crippen MR) is 25.9 cm³/mol. The molecule has 3 nitrogen and oxygen atoms in total. The van der Waals surface area contributed by atoms with Crippen molar-refractivity contribution in [3.05, 3.63) is 0 Å². The molecule has 0 aliphatic carbocycles. The third-order valence-electron chi connectivity index (χ3n) is 1.10. The first-order valence-electron chi connectivity index (χ1n) is 2.44. The van der Waals surface area contributed by atoms with Crippen LogP contribution in [0.1, 0.15) is 13.8 Å². The quantitative estimate of drug-likeness (QED) is 0.491. The van der Waals surface area contributed by atoms with Crippen molar-refractivity contribution in [2.75, 3.05) is 0 Å². The van der Waals surface area contributed by atoms with Gasteiger partial charge in [0, 0.05) is 11.9 Å². The first-order valence-corrected chi connectivity index (χ1v) is 2.44. The van der Waals surface area contributed by atoms with Crippen LogP contribution in [0.4, 0.5) is 0 Å². The molecule has 0 bridgehead atoms. The summed E-state index contributed by atoms with van der Waals surface area (Å²) in [4.78, 5) is 9.87. The molecule has 0 radical (unpaired) electrons. The van der Waals surface area contributed by atoms with Gasteiger partial charge in [0.25, 0.3) is 0 Å². The third-order valence-corrected chi connectivity index (χ3v) is 1.10. The molecule has 48 valence electrons. The lowest BCUT2D eigenvalue weighted by molar-refractivity contribution is -0.313. The number of carbonyl (C=O) groups excluding carboxylic acids is 1. The van der Waals surface area contributed by atoms with Gasteiger partial charge in [-0.05, 0) is 6.92 Å². The fraction of sp³-hybridized carbons (Fsp3) is 0.800. The Kier molecular flexibility index (Phi) is 2.48. The van der Waals surface area contributed by atoms with Gasteiger partial charge in [-0.15, -0.1) is 0 Å². The van der Waals surface area contributed by atoms with Crippen LogP contribution >= 0.6 is 0 Å². The average Bonchev–Trinajstić information content (AvgIpc) is 1.64. The van der Waals surface area contributed by atoms with Gasteiger partial charge in [-0.25, -0.2) is 0 Å². The molecule has 0 saturated carbocycles. The van der Waals surface area contributed by atoms with Crippen LogP contribution < -0.4 is 5.11 Å². The highest BCUT2D eigenvalue weighted by molar-refractivity contribution is 5.67. The normalized spacial score (nSPS) is 17.4. The van der Waals surface area contributed by atoms with Gasteiger partial charge in [0.15, 0.2) is 0 Å². The van der Waals surface area contributed by atoms with Crippen LogP contribution in [-0.4, -0.2) is 17.2 Å². The average molecular weight is 117 g/mol. The largest absolute Gasteiger partial charge is 0.550 e. The molecule has 0 aliphatic rings. The molecule has 0 spiro atoms. The van der Waals surface area contributed by atoms with E-state index in [1.165, 1.54) is 13.8 Å². The predicted octanol–water partition coefficient (Wildman–Crippen LogP) is -1.25. The van der Waals surface area contributed by atoms with Crippen molar-refractivity contribution in [3.8, 4) is 0 Å². The van der Waals surface area contributed by atoms with Crippen LogP contribution in [0.3, 0.4) is 0 Å². The van der Waals surface area contributed by atoms with Gasteiger partial charge in [0.05, 0.1) is 6.10 Å². The van der Waals surface area contributed by atoms with Crippen molar-refractivity contribution in [1.29, 1.82) is 0 Å². The highest BCUT2D eigenvalue weighted by Crippen LogP contribution is 1.98. The summed E-state index contributed by atoms with van der Waals surface area (Å²) in [7, 11) is 0. The Morgan fingerprint density at radius 1 is 1.62 bits per heavy atom. The van der Waals surface area contributed by atoms with E-state index in [-0.39, 0.29) is 0 Å². The first-order chi connectivity index (χ1) is 3.55. The van der Waals surface area contributed by atoms with E-state index in [2.05, 4.69) is 0 Å². The maximum atomic E-state index is 9.87. The lowest BCUT2D eigenvalue weighted by Crippen LogP contribution is -2.35. The molecule has 0 fully saturated rings. The summed E-state index contributed by atoms with van der Waals surface area (Å²) < 4.78 is 0. The van der Waals surface area contributed by atoms with Gasteiger partial charge < -0.3 is 15.0 Å². The molecule has 0 aliphatic heterocycles. The minimum atomic E-state index is -1.21. The number of aliphatic carboxylic acids is 1. The standard InChI is InChI=1S/C5H10O3/c1-3(4(2)6)5(7)8/h3-4,6H,1-2H3,(H,7,8)/p-1/t3-,4-/m0/s1. The third kappa shape index (κ3) is 1.93. The molecule has 0 unspecified atom stereocenters. The molecular weight excluding hydrogens is 108 g/mol. The molecule has 0 saturated heterocycles. The molecule has 1 N–H and O–H groups in total. The van der Waals surface area contributed by atoms with E-state index in [0.717, 1.165) is 0 Å². The number of hydrogen-bond acceptors (Lipinski definition) is 3. The number of rotatable bonds is 2. The van der Waals surface area contributed by atoms with E-state index in [1.807, 2.05) is 0 Å². The van der Waals surface area contributed by atoms with E-state index in [1.54, 1.807) is 0 Å². The monoisotopic (exact) mass is 117 g/mol. The second kappa shape index (κ2) is 2.67. The van der Waals surface area contributed by atoms with Crippen molar-refractivity contribution in [1.82, 2.24) is 0 Å². The van der Waals surface area contributed by atoms with Crippen molar-refractivity contribution in [2.24, 2.45) is 5.92 Å². The number of aliphatic hydroxyl groups is 1. The van der Waals surface area contributed by atoms with Crippen LogP contribution in [0.25, 0.3) is 0 Å². The Morgan fingerprint density at radius 3 is 2.00 bits per heavy atom. The lowest BCUT2D eigenvalue weighted by atomic mass is 10.1. The van der Waals surface area contributed by atoms with Crippen LogP contribution in [0, 0.1) is 5.92 Å². The molecule has 0 rings (SSSR count). The van der Waals surface area contributed by atoms with E-state index >= 15 is 0 Å². The molecule has 0 amide bonds. The smallest absolute Gasteiger partial charge is 0.0589 e. The van der Waals surface area contributed by atoms with Crippen molar-refractivity contribution < 1.29 is 15.0 Å². The van der Waals surface area contributed by atoms with E-state index < -0.39 is 18.0 Å². The molecule has 0 aromatic rings. The second-order valence-corrected chi connectivity index (χ2v) is 1.85. The number of hydrogen-bond donors (Lipinski definition) is 1. The zero-order valence-electron chi connectivity index (χ0n) is 4.92. The van der Waals surface area contributed by atoms with Gasteiger partial charge >= 0.3 is 0 Å². The van der Waals surface area contributed by atoms with E-state index in [0.29, 0.717) is 0 Å². The lowest BCUT2D eigenvalue weighted by Gasteiger charge is -2.14. The summed E-state index contributed by atoms with van der Waals surface area (Å²) >= 11 is 0. The molecular formula is C5H9O3-. The fourth-order valence-electron chi connectivity index (χ4n) is 0.197. The van der Waals surface area contributed by atoms with Crippen LogP contribution in [0.15, 0.2) is 0 Å². The number of carboxylic acids is 1. The molecule has 0 aromatic heterocycles. The maximum absolute atomic E-state index is 9.87. The van der Waals surface area contributed by atoms with Gasteiger partial charge in [-0.1, -0.05) is 6.92 Å². The highest BCUT2D eigenvalue weighted by atomic mass is 16.4. The summed E-state index contributed by atoms with van der Waals surface area (Å²) in [5, 5.41) is 18.4. The maximum Gasteiger partial charge on any atom is 0.0589 e. The molecule has 8 heavy (non-hydrogen) atoms. The van der Waals surface area contributed by atoms with Gasteiger partial charge in [-0.2, -0.15) is 0 Å². The Hall–Kier alpha value is -0.570. The zero-order valence-corrected chi connectivity index (χ0v) is 4.92. The van der Waals surface area contributed by atoms with Crippen molar-refractivity contribution in [3.63, 3.8) is 0 Å². The van der Waals surface area contributed by atoms with Gasteiger partial charge in [0.1, 0.15) is 0 Å². The molecule has 0 aromatic carbocycles. The molecule has 2 atom stereocenters. The van der Waals surface area contributed by atoms with Gasteiger partial charge in [0.2, 0.25) is 0 Å². The van der Waals surface area contributed by atoms with E-state index in [4.69, 9.17) is 5.11 Å². The van der Waals surface area contributed by atoms with Crippen LogP contribution in [-0.2, 0) is 4.79 Å². The second-order valence-electron chi connectivity index (χ2n) is 1.85. The molecule has 3 heteroatoms. The number of carbonyl (C=O) groups is 1.